The molecule has 0 aliphatic carbocycles. The fraction of sp³-hybridized carbons (Fsp3) is 0.500. The fourth-order valence-electron chi connectivity index (χ4n) is 0.565. The number of rotatable bonds is 2. The molecule has 0 saturated heterocycles. The van der Waals surface area contributed by atoms with Crippen LogP contribution in [0.15, 0.2) is 23.3 Å². The largest absolute Gasteiger partial charge is 0.327 e. The third kappa shape index (κ3) is 3.09. The molecule has 0 saturated carbocycles. The highest BCUT2D eigenvalue weighted by molar-refractivity contribution is 5.26. The lowest BCUT2D eigenvalue weighted by atomic mass is 10.1. The van der Waals surface area contributed by atoms with Gasteiger partial charge in [0, 0.05) is 6.54 Å². The highest BCUT2D eigenvalue weighted by Crippen LogP contribution is 2.05. The molecule has 1 heteroatoms. The summed E-state index contributed by atoms with van der Waals surface area (Å²) in [5.41, 5.74) is 7.90. The zero-order chi connectivity index (χ0) is 7.28. The van der Waals surface area contributed by atoms with Crippen molar-refractivity contribution in [3.05, 3.63) is 23.3 Å². The van der Waals surface area contributed by atoms with Crippen LogP contribution in [0.5, 0.6) is 0 Å². The molecule has 0 fully saturated rings. The number of hydrogen-bond donors (Lipinski definition) is 1. The van der Waals surface area contributed by atoms with Crippen LogP contribution in [0, 0.1) is 0 Å². The predicted octanol–water partition coefficient (Wildman–Crippen LogP) is 1.86. The van der Waals surface area contributed by atoms with E-state index in [1.165, 1.54) is 11.1 Å². The van der Waals surface area contributed by atoms with Gasteiger partial charge in [-0.3, -0.25) is 0 Å². The first-order chi connectivity index (χ1) is 4.22. The summed E-state index contributed by atoms with van der Waals surface area (Å²) in [5, 5.41) is 0. The van der Waals surface area contributed by atoms with Crippen LogP contribution in [0.4, 0.5) is 0 Å². The SMILES string of the molecule is C/C=C(C)\C(C)=C/CN. The molecule has 0 aromatic heterocycles. The topological polar surface area (TPSA) is 26.0 Å². The van der Waals surface area contributed by atoms with Crippen LogP contribution in [0.25, 0.3) is 0 Å². The smallest absolute Gasteiger partial charge is 0.0112 e. The van der Waals surface area contributed by atoms with Crippen LogP contribution in [0.3, 0.4) is 0 Å². The van der Waals surface area contributed by atoms with Crippen molar-refractivity contribution in [2.24, 2.45) is 5.73 Å². The molecule has 2 N–H and O–H groups in total. The first-order valence-electron chi connectivity index (χ1n) is 3.22. The number of nitrogens with two attached hydrogens (primary N) is 1. The zero-order valence-electron chi connectivity index (χ0n) is 6.44. The van der Waals surface area contributed by atoms with Crippen LogP contribution < -0.4 is 5.73 Å². The van der Waals surface area contributed by atoms with Gasteiger partial charge in [0.05, 0.1) is 0 Å². The summed E-state index contributed by atoms with van der Waals surface area (Å²) in [6, 6.07) is 0. The average molecular weight is 125 g/mol. The summed E-state index contributed by atoms with van der Waals surface area (Å²) in [7, 11) is 0. The van der Waals surface area contributed by atoms with E-state index in [1.54, 1.807) is 0 Å². The van der Waals surface area contributed by atoms with Crippen LogP contribution >= 0.6 is 0 Å². The molecule has 0 aromatic rings. The van der Waals surface area contributed by atoms with Crippen molar-refractivity contribution in [1.82, 2.24) is 0 Å². The maximum absolute atomic E-state index is 5.32. The van der Waals surface area contributed by atoms with Gasteiger partial charge in [0.1, 0.15) is 0 Å². The highest BCUT2D eigenvalue weighted by Gasteiger charge is 1.86. The summed E-state index contributed by atoms with van der Waals surface area (Å²) in [5.74, 6) is 0. The van der Waals surface area contributed by atoms with Gasteiger partial charge < -0.3 is 5.73 Å². The van der Waals surface area contributed by atoms with Gasteiger partial charge in [-0.25, -0.2) is 0 Å². The van der Waals surface area contributed by atoms with Gasteiger partial charge in [0.2, 0.25) is 0 Å². The van der Waals surface area contributed by atoms with Gasteiger partial charge in [-0.2, -0.15) is 0 Å². The lowest BCUT2D eigenvalue weighted by Gasteiger charge is -1.97. The molecule has 52 valence electrons. The second-order valence-corrected chi connectivity index (χ2v) is 2.09. The van der Waals surface area contributed by atoms with Gasteiger partial charge in [0.25, 0.3) is 0 Å². The predicted molar refractivity (Wildman–Crippen MR) is 42.2 cm³/mol. The minimum absolute atomic E-state index is 0.636. The van der Waals surface area contributed by atoms with Crippen LogP contribution in [-0.4, -0.2) is 6.54 Å². The molecule has 0 amide bonds. The average Bonchev–Trinajstić information content (AvgIpc) is 1.87. The molecular formula is C8H15N. The molecule has 0 unspecified atom stereocenters. The lowest BCUT2D eigenvalue weighted by molar-refractivity contribution is 1.20. The van der Waals surface area contributed by atoms with E-state index < -0.39 is 0 Å². The third-order valence-electron chi connectivity index (χ3n) is 1.48. The monoisotopic (exact) mass is 125 g/mol. The van der Waals surface area contributed by atoms with E-state index in [2.05, 4.69) is 19.9 Å². The van der Waals surface area contributed by atoms with E-state index in [-0.39, 0.29) is 0 Å². The van der Waals surface area contributed by atoms with Gasteiger partial charge in [-0.05, 0) is 20.8 Å². The van der Waals surface area contributed by atoms with E-state index in [9.17, 15) is 0 Å². The molecule has 0 spiro atoms. The van der Waals surface area contributed by atoms with Crippen molar-refractivity contribution in [1.29, 1.82) is 0 Å². The summed E-state index contributed by atoms with van der Waals surface area (Å²) in [4.78, 5) is 0. The van der Waals surface area contributed by atoms with Crippen molar-refractivity contribution in [3.63, 3.8) is 0 Å². The zero-order valence-corrected chi connectivity index (χ0v) is 6.44. The Kier molecular flexibility index (Phi) is 4.06. The van der Waals surface area contributed by atoms with Gasteiger partial charge in [0.15, 0.2) is 0 Å². The molecule has 0 aliphatic heterocycles. The Balaban J connectivity index is 4.03. The summed E-state index contributed by atoms with van der Waals surface area (Å²) in [6.45, 7) is 6.82. The van der Waals surface area contributed by atoms with Crippen molar-refractivity contribution in [2.75, 3.05) is 6.54 Å². The second-order valence-electron chi connectivity index (χ2n) is 2.09. The minimum atomic E-state index is 0.636. The van der Waals surface area contributed by atoms with Crippen LogP contribution in [0.2, 0.25) is 0 Å². The highest BCUT2D eigenvalue weighted by atomic mass is 14.5. The summed E-state index contributed by atoms with van der Waals surface area (Å²) < 4.78 is 0. The molecule has 0 aliphatic rings. The molecule has 0 rings (SSSR count). The fourth-order valence-corrected chi connectivity index (χ4v) is 0.565. The Hall–Kier alpha value is -0.560. The summed E-state index contributed by atoms with van der Waals surface area (Å²) >= 11 is 0. The lowest BCUT2D eigenvalue weighted by Crippen LogP contribution is -1.94. The Labute approximate surface area is 57.3 Å². The Morgan fingerprint density at radius 3 is 2.22 bits per heavy atom. The quantitative estimate of drug-likeness (QED) is 0.560. The maximum Gasteiger partial charge on any atom is 0.0112 e. The van der Waals surface area contributed by atoms with E-state index in [1.807, 2.05) is 13.0 Å². The van der Waals surface area contributed by atoms with Crippen LogP contribution in [-0.2, 0) is 0 Å². The van der Waals surface area contributed by atoms with Gasteiger partial charge in [-0.15, -0.1) is 0 Å². The van der Waals surface area contributed by atoms with Gasteiger partial charge >= 0.3 is 0 Å². The van der Waals surface area contributed by atoms with Crippen molar-refractivity contribution in [3.8, 4) is 0 Å². The molecule has 0 atom stereocenters. The van der Waals surface area contributed by atoms with E-state index in [4.69, 9.17) is 5.73 Å². The maximum atomic E-state index is 5.32. The molecule has 0 heterocycles. The first kappa shape index (κ1) is 8.44. The number of allylic oxidation sites excluding steroid dienone is 3. The Bertz CT molecular complexity index is 132. The molecule has 1 nitrogen and oxygen atoms in total. The van der Waals surface area contributed by atoms with E-state index in [0.717, 1.165) is 0 Å². The van der Waals surface area contributed by atoms with Crippen molar-refractivity contribution < 1.29 is 0 Å². The van der Waals surface area contributed by atoms with Crippen molar-refractivity contribution >= 4 is 0 Å². The molecular weight excluding hydrogens is 110 g/mol. The molecule has 0 radical (unpaired) electrons. The Morgan fingerprint density at radius 1 is 1.33 bits per heavy atom. The first-order valence-corrected chi connectivity index (χ1v) is 3.22. The molecule has 0 bridgehead atoms. The van der Waals surface area contributed by atoms with Crippen molar-refractivity contribution in [2.45, 2.75) is 20.8 Å². The van der Waals surface area contributed by atoms with Crippen LogP contribution in [0.1, 0.15) is 20.8 Å². The normalized spacial score (nSPS) is 14.2. The van der Waals surface area contributed by atoms with E-state index >= 15 is 0 Å². The minimum Gasteiger partial charge on any atom is -0.327 e. The molecule has 9 heavy (non-hydrogen) atoms. The third-order valence-corrected chi connectivity index (χ3v) is 1.48. The standard InChI is InChI=1S/C8H15N/c1-4-7(2)8(3)5-6-9/h4-5H,6,9H2,1-3H3/b7-4-,8-5-. The number of hydrogen-bond acceptors (Lipinski definition) is 1. The van der Waals surface area contributed by atoms with Gasteiger partial charge in [-0.1, -0.05) is 23.3 Å². The van der Waals surface area contributed by atoms with E-state index in [0.29, 0.717) is 6.54 Å². The second kappa shape index (κ2) is 4.33. The summed E-state index contributed by atoms with van der Waals surface area (Å²) in [6.07, 6.45) is 4.11. The molecule has 0 aromatic carbocycles. The Morgan fingerprint density at radius 2 is 1.89 bits per heavy atom.